The fourth-order valence-electron chi connectivity index (χ4n) is 1.78. The van der Waals surface area contributed by atoms with E-state index in [1.165, 1.54) is 24.3 Å². The molecule has 1 aromatic rings. The van der Waals surface area contributed by atoms with Crippen molar-refractivity contribution in [2.75, 3.05) is 26.2 Å². The van der Waals surface area contributed by atoms with Crippen LogP contribution in [0.3, 0.4) is 0 Å². The summed E-state index contributed by atoms with van der Waals surface area (Å²) in [5.74, 6) is -0.0682. The molecule has 1 aromatic carbocycles. The second-order valence-electron chi connectivity index (χ2n) is 3.85. The molecule has 1 heterocycles. The minimum absolute atomic E-state index is 0. The van der Waals surface area contributed by atoms with Crippen LogP contribution >= 0.6 is 12.4 Å². The third kappa shape index (κ3) is 3.18. The zero-order valence-corrected chi connectivity index (χ0v) is 10.5. The lowest BCUT2D eigenvalue weighted by molar-refractivity contribution is -0.384. The van der Waals surface area contributed by atoms with Gasteiger partial charge < -0.3 is 10.2 Å². The van der Waals surface area contributed by atoms with Gasteiger partial charge >= 0.3 is 0 Å². The Labute approximate surface area is 111 Å². The summed E-state index contributed by atoms with van der Waals surface area (Å²) in [7, 11) is 0. The van der Waals surface area contributed by atoms with Gasteiger partial charge in [-0.3, -0.25) is 14.9 Å². The lowest BCUT2D eigenvalue weighted by Gasteiger charge is -2.27. The molecule has 0 atom stereocenters. The van der Waals surface area contributed by atoms with E-state index in [1.54, 1.807) is 4.90 Å². The Morgan fingerprint density at radius 1 is 1.22 bits per heavy atom. The number of benzene rings is 1. The molecule has 0 radical (unpaired) electrons. The van der Waals surface area contributed by atoms with Crippen LogP contribution in [-0.4, -0.2) is 41.9 Å². The second kappa shape index (κ2) is 6.32. The summed E-state index contributed by atoms with van der Waals surface area (Å²) in [5.41, 5.74) is 0.499. The third-order valence-corrected chi connectivity index (χ3v) is 2.73. The molecule has 6 nitrogen and oxygen atoms in total. The van der Waals surface area contributed by atoms with E-state index in [-0.39, 0.29) is 24.0 Å². The van der Waals surface area contributed by atoms with E-state index in [0.717, 1.165) is 13.1 Å². The molecule has 1 amide bonds. The quantitative estimate of drug-likeness (QED) is 0.645. The number of amides is 1. The Morgan fingerprint density at radius 3 is 2.28 bits per heavy atom. The molecule has 2 rings (SSSR count). The number of hydrogen-bond acceptors (Lipinski definition) is 4. The Kier molecular flexibility index (Phi) is 5.06. The van der Waals surface area contributed by atoms with Crippen LogP contribution in [0.1, 0.15) is 10.4 Å². The predicted molar refractivity (Wildman–Crippen MR) is 69.1 cm³/mol. The summed E-state index contributed by atoms with van der Waals surface area (Å²) < 4.78 is 0. The van der Waals surface area contributed by atoms with E-state index in [0.29, 0.717) is 18.7 Å². The molecule has 0 spiro atoms. The first-order valence-electron chi connectivity index (χ1n) is 5.43. The molecule has 7 heteroatoms. The van der Waals surface area contributed by atoms with E-state index < -0.39 is 4.92 Å². The van der Waals surface area contributed by atoms with Gasteiger partial charge in [-0.15, -0.1) is 12.4 Å². The van der Waals surface area contributed by atoms with Crippen LogP contribution in [0.25, 0.3) is 0 Å². The summed E-state index contributed by atoms with van der Waals surface area (Å²) in [6, 6.07) is 5.72. The average molecular weight is 272 g/mol. The zero-order valence-electron chi connectivity index (χ0n) is 9.67. The molecule has 1 saturated heterocycles. The zero-order chi connectivity index (χ0) is 12.3. The molecule has 0 aliphatic carbocycles. The number of halogens is 1. The van der Waals surface area contributed by atoms with Gasteiger partial charge in [0.15, 0.2) is 0 Å². The van der Waals surface area contributed by atoms with Crippen molar-refractivity contribution in [1.82, 2.24) is 10.2 Å². The van der Waals surface area contributed by atoms with Crippen LogP contribution < -0.4 is 5.32 Å². The highest BCUT2D eigenvalue weighted by Crippen LogP contribution is 2.13. The van der Waals surface area contributed by atoms with Gasteiger partial charge in [-0.05, 0) is 12.1 Å². The maximum absolute atomic E-state index is 12.0. The molecular weight excluding hydrogens is 258 g/mol. The van der Waals surface area contributed by atoms with Crippen LogP contribution in [-0.2, 0) is 0 Å². The van der Waals surface area contributed by atoms with Crippen LogP contribution in [0.5, 0.6) is 0 Å². The molecular formula is C11H14ClN3O3. The van der Waals surface area contributed by atoms with Gasteiger partial charge in [0, 0.05) is 43.9 Å². The van der Waals surface area contributed by atoms with Crippen molar-refractivity contribution in [3.63, 3.8) is 0 Å². The predicted octanol–water partition coefficient (Wildman–Crippen LogP) is 1.06. The summed E-state index contributed by atoms with van der Waals surface area (Å²) in [6.45, 7) is 2.93. The van der Waals surface area contributed by atoms with Crippen molar-refractivity contribution < 1.29 is 9.72 Å². The number of nitrogens with one attached hydrogen (secondary N) is 1. The smallest absolute Gasteiger partial charge is 0.269 e. The van der Waals surface area contributed by atoms with E-state index in [2.05, 4.69) is 5.32 Å². The fourth-order valence-corrected chi connectivity index (χ4v) is 1.78. The van der Waals surface area contributed by atoms with E-state index in [9.17, 15) is 14.9 Å². The minimum atomic E-state index is -0.473. The van der Waals surface area contributed by atoms with Crippen LogP contribution in [0.2, 0.25) is 0 Å². The maximum atomic E-state index is 12.0. The molecule has 1 N–H and O–H groups in total. The average Bonchev–Trinajstić information content (AvgIpc) is 2.39. The van der Waals surface area contributed by atoms with Gasteiger partial charge in [-0.2, -0.15) is 0 Å². The monoisotopic (exact) mass is 271 g/mol. The highest BCUT2D eigenvalue weighted by molar-refractivity contribution is 5.94. The maximum Gasteiger partial charge on any atom is 0.269 e. The van der Waals surface area contributed by atoms with Gasteiger partial charge in [0.05, 0.1) is 4.92 Å². The summed E-state index contributed by atoms with van der Waals surface area (Å²) >= 11 is 0. The molecule has 0 aromatic heterocycles. The third-order valence-electron chi connectivity index (χ3n) is 2.73. The molecule has 1 aliphatic rings. The molecule has 0 saturated carbocycles. The van der Waals surface area contributed by atoms with Gasteiger partial charge in [0.25, 0.3) is 11.6 Å². The van der Waals surface area contributed by atoms with Gasteiger partial charge in [-0.25, -0.2) is 0 Å². The summed E-state index contributed by atoms with van der Waals surface area (Å²) in [5, 5.41) is 13.6. The first kappa shape index (κ1) is 14.4. The number of carbonyl (C=O) groups is 1. The SMILES string of the molecule is Cl.O=C(c1ccc([N+](=O)[O-])cc1)N1CCNCC1. The Morgan fingerprint density at radius 2 is 1.78 bits per heavy atom. The van der Waals surface area contributed by atoms with Gasteiger partial charge in [0.1, 0.15) is 0 Å². The Hall–Kier alpha value is -1.66. The number of non-ortho nitro benzene ring substituents is 1. The molecule has 1 fully saturated rings. The number of nitro benzene ring substituents is 1. The molecule has 98 valence electrons. The first-order valence-corrected chi connectivity index (χ1v) is 5.43. The van der Waals surface area contributed by atoms with Crippen LogP contribution in [0.15, 0.2) is 24.3 Å². The topological polar surface area (TPSA) is 75.5 Å². The van der Waals surface area contributed by atoms with Crippen molar-refractivity contribution >= 4 is 24.0 Å². The fraction of sp³-hybridized carbons (Fsp3) is 0.364. The van der Waals surface area contributed by atoms with Crippen LogP contribution in [0, 0.1) is 10.1 Å². The summed E-state index contributed by atoms with van der Waals surface area (Å²) in [4.78, 5) is 23.8. The Bertz CT molecular complexity index is 430. The Balaban J connectivity index is 0.00000162. The van der Waals surface area contributed by atoms with E-state index in [1.807, 2.05) is 0 Å². The highest BCUT2D eigenvalue weighted by Gasteiger charge is 2.18. The van der Waals surface area contributed by atoms with Crippen LogP contribution in [0.4, 0.5) is 5.69 Å². The minimum Gasteiger partial charge on any atom is -0.336 e. The number of nitro groups is 1. The molecule has 1 aliphatic heterocycles. The molecule has 0 unspecified atom stereocenters. The van der Waals surface area contributed by atoms with E-state index >= 15 is 0 Å². The van der Waals surface area contributed by atoms with Crippen molar-refractivity contribution in [1.29, 1.82) is 0 Å². The lowest BCUT2D eigenvalue weighted by Crippen LogP contribution is -2.46. The number of nitrogens with zero attached hydrogens (tertiary/aromatic N) is 2. The lowest BCUT2D eigenvalue weighted by atomic mass is 10.1. The van der Waals surface area contributed by atoms with Crippen molar-refractivity contribution in [3.05, 3.63) is 39.9 Å². The molecule has 18 heavy (non-hydrogen) atoms. The first-order chi connectivity index (χ1) is 8.18. The number of carbonyl (C=O) groups excluding carboxylic acids is 1. The number of piperazine rings is 1. The standard InChI is InChI=1S/C11H13N3O3.ClH/c15-11(13-7-5-12-6-8-13)9-1-3-10(4-2-9)14(16)17;/h1-4,12H,5-8H2;1H. The van der Waals surface area contributed by atoms with Crippen molar-refractivity contribution in [3.8, 4) is 0 Å². The normalized spacial score (nSPS) is 14.8. The summed E-state index contributed by atoms with van der Waals surface area (Å²) in [6.07, 6.45) is 0. The highest BCUT2D eigenvalue weighted by atomic mass is 35.5. The molecule has 0 bridgehead atoms. The number of rotatable bonds is 2. The van der Waals surface area contributed by atoms with E-state index in [4.69, 9.17) is 0 Å². The van der Waals surface area contributed by atoms with Gasteiger partial charge in [-0.1, -0.05) is 0 Å². The largest absolute Gasteiger partial charge is 0.336 e. The second-order valence-corrected chi connectivity index (χ2v) is 3.85. The van der Waals surface area contributed by atoms with Crippen molar-refractivity contribution in [2.24, 2.45) is 0 Å². The van der Waals surface area contributed by atoms with Gasteiger partial charge in [0.2, 0.25) is 0 Å². The number of hydrogen-bond donors (Lipinski definition) is 1. The van der Waals surface area contributed by atoms with Crippen molar-refractivity contribution in [2.45, 2.75) is 0 Å².